The number of hydrogen-bond acceptors (Lipinski definition) is 6. The SMILES string of the molecule is CC(C)C(C(=O)ON1C(=O)c2ccccc2C1=O)C(=O)OC(C)(C)C. The molecule has 1 aromatic carbocycles. The van der Waals surface area contributed by atoms with E-state index >= 15 is 0 Å². The van der Waals surface area contributed by atoms with Gasteiger partial charge in [0.1, 0.15) is 5.60 Å². The predicted molar refractivity (Wildman–Crippen MR) is 87.2 cm³/mol. The lowest BCUT2D eigenvalue weighted by Crippen LogP contribution is -2.41. The number of hydrogen-bond donors (Lipinski definition) is 0. The molecular formula is C18H21NO6. The maximum Gasteiger partial charge on any atom is 0.347 e. The zero-order valence-electron chi connectivity index (χ0n) is 14.9. The molecule has 7 heteroatoms. The van der Waals surface area contributed by atoms with E-state index in [4.69, 9.17) is 9.57 Å². The molecule has 0 saturated carbocycles. The van der Waals surface area contributed by atoms with E-state index in [0.717, 1.165) is 0 Å². The minimum absolute atomic E-state index is 0.152. The third-order valence-electron chi connectivity index (χ3n) is 3.52. The Morgan fingerprint density at radius 2 is 1.44 bits per heavy atom. The number of amides is 2. The summed E-state index contributed by atoms with van der Waals surface area (Å²) in [4.78, 5) is 54.2. The van der Waals surface area contributed by atoms with Gasteiger partial charge in [0.2, 0.25) is 0 Å². The van der Waals surface area contributed by atoms with E-state index in [1.807, 2.05) is 0 Å². The fourth-order valence-electron chi connectivity index (χ4n) is 2.40. The van der Waals surface area contributed by atoms with Gasteiger partial charge in [-0.05, 0) is 38.8 Å². The van der Waals surface area contributed by atoms with Gasteiger partial charge in [0.05, 0.1) is 11.1 Å². The van der Waals surface area contributed by atoms with E-state index in [2.05, 4.69) is 0 Å². The Labute approximate surface area is 145 Å². The van der Waals surface area contributed by atoms with Crippen LogP contribution in [-0.4, -0.2) is 34.4 Å². The highest BCUT2D eigenvalue weighted by atomic mass is 16.7. The van der Waals surface area contributed by atoms with Crippen LogP contribution in [-0.2, 0) is 19.2 Å². The zero-order chi connectivity index (χ0) is 18.9. The first kappa shape index (κ1) is 18.6. The quantitative estimate of drug-likeness (QED) is 0.472. The number of ether oxygens (including phenoxy) is 1. The zero-order valence-corrected chi connectivity index (χ0v) is 14.9. The fraction of sp³-hybridized carbons (Fsp3) is 0.444. The number of imide groups is 1. The van der Waals surface area contributed by atoms with Gasteiger partial charge in [-0.3, -0.25) is 14.4 Å². The summed E-state index contributed by atoms with van der Waals surface area (Å²) in [5.41, 5.74) is -0.475. The van der Waals surface area contributed by atoms with Gasteiger partial charge in [-0.25, -0.2) is 4.79 Å². The first-order valence-electron chi connectivity index (χ1n) is 7.95. The van der Waals surface area contributed by atoms with Gasteiger partial charge >= 0.3 is 11.9 Å². The summed E-state index contributed by atoms with van der Waals surface area (Å²) in [6.07, 6.45) is 0. The maximum absolute atomic E-state index is 12.4. The summed E-state index contributed by atoms with van der Waals surface area (Å²) in [5.74, 6) is -4.91. The molecule has 0 saturated heterocycles. The van der Waals surface area contributed by atoms with Gasteiger partial charge < -0.3 is 9.57 Å². The van der Waals surface area contributed by atoms with Crippen molar-refractivity contribution >= 4 is 23.8 Å². The molecule has 1 aliphatic rings. The molecule has 2 amide bonds. The molecule has 0 spiro atoms. The Morgan fingerprint density at radius 1 is 0.960 bits per heavy atom. The number of hydroxylamine groups is 2. The summed E-state index contributed by atoms with van der Waals surface area (Å²) in [6.45, 7) is 8.34. The molecule has 1 aliphatic heterocycles. The number of esters is 1. The highest BCUT2D eigenvalue weighted by molar-refractivity contribution is 6.21. The molecule has 0 bridgehead atoms. The average molecular weight is 347 g/mol. The molecule has 2 rings (SSSR count). The van der Waals surface area contributed by atoms with E-state index in [-0.39, 0.29) is 11.1 Å². The third kappa shape index (κ3) is 3.87. The van der Waals surface area contributed by atoms with Crippen LogP contribution >= 0.6 is 0 Å². The lowest BCUT2D eigenvalue weighted by molar-refractivity contribution is -0.185. The number of nitrogens with zero attached hydrogens (tertiary/aromatic N) is 1. The van der Waals surface area contributed by atoms with E-state index in [1.165, 1.54) is 12.1 Å². The van der Waals surface area contributed by atoms with Crippen LogP contribution in [0.15, 0.2) is 24.3 Å². The maximum atomic E-state index is 12.4. The monoisotopic (exact) mass is 347 g/mol. The lowest BCUT2D eigenvalue weighted by atomic mass is 9.96. The largest absolute Gasteiger partial charge is 0.459 e. The van der Waals surface area contributed by atoms with Crippen molar-refractivity contribution in [1.29, 1.82) is 0 Å². The number of carbonyl (C=O) groups is 4. The van der Waals surface area contributed by atoms with Crippen molar-refractivity contribution in [2.24, 2.45) is 11.8 Å². The number of rotatable bonds is 4. The molecule has 0 aromatic heterocycles. The van der Waals surface area contributed by atoms with Crippen LogP contribution in [0.25, 0.3) is 0 Å². The van der Waals surface area contributed by atoms with Crippen LogP contribution in [0.2, 0.25) is 0 Å². The van der Waals surface area contributed by atoms with Crippen molar-refractivity contribution in [2.75, 3.05) is 0 Å². The molecule has 1 unspecified atom stereocenters. The molecule has 7 nitrogen and oxygen atoms in total. The van der Waals surface area contributed by atoms with Crippen molar-refractivity contribution in [3.05, 3.63) is 35.4 Å². The van der Waals surface area contributed by atoms with Crippen molar-refractivity contribution in [3.63, 3.8) is 0 Å². The number of benzene rings is 1. The second kappa shape index (κ2) is 6.66. The molecule has 0 fully saturated rings. The van der Waals surface area contributed by atoms with Gasteiger partial charge in [0, 0.05) is 0 Å². The van der Waals surface area contributed by atoms with Gasteiger partial charge in [0.15, 0.2) is 5.92 Å². The van der Waals surface area contributed by atoms with Crippen molar-refractivity contribution in [3.8, 4) is 0 Å². The number of fused-ring (bicyclic) bond motifs is 1. The summed E-state index contributed by atoms with van der Waals surface area (Å²) in [6, 6.07) is 6.15. The standard InChI is InChI=1S/C18H21NO6/c1-10(2)13(16(22)24-18(3,4)5)17(23)25-19-14(20)11-8-6-7-9-12(11)15(19)21/h6-10,13H,1-5H3. The van der Waals surface area contributed by atoms with Crippen molar-refractivity contribution in [2.45, 2.75) is 40.2 Å². The molecule has 1 atom stereocenters. The van der Waals surface area contributed by atoms with E-state index < -0.39 is 41.2 Å². The predicted octanol–water partition coefficient (Wildman–Crippen LogP) is 2.35. The van der Waals surface area contributed by atoms with Crippen LogP contribution < -0.4 is 0 Å². The molecule has 25 heavy (non-hydrogen) atoms. The van der Waals surface area contributed by atoms with Gasteiger partial charge in [-0.15, -0.1) is 0 Å². The highest BCUT2D eigenvalue weighted by Crippen LogP contribution is 2.25. The molecule has 134 valence electrons. The van der Waals surface area contributed by atoms with E-state index in [1.54, 1.807) is 46.8 Å². The smallest absolute Gasteiger partial charge is 0.347 e. The second-order valence-corrected chi connectivity index (χ2v) is 7.12. The summed E-state index contributed by atoms with van der Waals surface area (Å²) >= 11 is 0. The van der Waals surface area contributed by atoms with Crippen LogP contribution in [0.5, 0.6) is 0 Å². The Morgan fingerprint density at radius 3 is 1.84 bits per heavy atom. The summed E-state index contributed by atoms with van der Waals surface area (Å²) in [7, 11) is 0. The van der Waals surface area contributed by atoms with Gasteiger partial charge in [0.25, 0.3) is 11.8 Å². The minimum Gasteiger partial charge on any atom is -0.459 e. The third-order valence-corrected chi connectivity index (χ3v) is 3.52. The molecule has 0 N–H and O–H groups in total. The van der Waals surface area contributed by atoms with Crippen LogP contribution in [0.3, 0.4) is 0 Å². The lowest BCUT2D eigenvalue weighted by Gasteiger charge is -2.25. The van der Waals surface area contributed by atoms with Gasteiger partial charge in [-0.2, -0.15) is 0 Å². The van der Waals surface area contributed by atoms with E-state index in [9.17, 15) is 19.2 Å². The molecule has 1 aromatic rings. The second-order valence-electron chi connectivity index (χ2n) is 7.12. The Hall–Kier alpha value is -2.70. The fourth-order valence-corrected chi connectivity index (χ4v) is 2.40. The van der Waals surface area contributed by atoms with Crippen LogP contribution in [0, 0.1) is 11.8 Å². The molecule has 0 radical (unpaired) electrons. The van der Waals surface area contributed by atoms with Gasteiger partial charge in [-0.1, -0.05) is 31.0 Å². The Kier molecular flexibility index (Phi) is 4.97. The van der Waals surface area contributed by atoms with Crippen molar-refractivity contribution in [1.82, 2.24) is 5.06 Å². The first-order valence-corrected chi connectivity index (χ1v) is 7.95. The minimum atomic E-state index is -1.25. The number of carbonyl (C=O) groups excluding carboxylic acids is 4. The molecule has 0 aliphatic carbocycles. The Bertz CT molecular complexity index is 696. The highest BCUT2D eigenvalue weighted by Gasteiger charge is 2.42. The van der Waals surface area contributed by atoms with Crippen molar-refractivity contribution < 1.29 is 28.8 Å². The average Bonchev–Trinajstić information content (AvgIpc) is 2.71. The first-order chi connectivity index (χ1) is 11.5. The molecule has 1 heterocycles. The molecular weight excluding hydrogens is 326 g/mol. The van der Waals surface area contributed by atoms with Crippen LogP contribution in [0.4, 0.5) is 0 Å². The summed E-state index contributed by atoms with van der Waals surface area (Å²) < 4.78 is 5.23. The Balaban J connectivity index is 2.19. The normalized spacial score (nSPS) is 15.2. The summed E-state index contributed by atoms with van der Waals surface area (Å²) in [5, 5.41) is 0.396. The topological polar surface area (TPSA) is 90.0 Å². The van der Waals surface area contributed by atoms with E-state index in [0.29, 0.717) is 5.06 Å². The van der Waals surface area contributed by atoms with Crippen LogP contribution in [0.1, 0.15) is 55.3 Å².